The lowest BCUT2D eigenvalue weighted by atomic mass is 10.3. The van der Waals surface area contributed by atoms with E-state index < -0.39 is 0 Å². The summed E-state index contributed by atoms with van der Waals surface area (Å²) < 4.78 is 5.33. The molecule has 0 atom stereocenters. The summed E-state index contributed by atoms with van der Waals surface area (Å²) in [6, 6.07) is 7.29. The third-order valence-electron chi connectivity index (χ3n) is 2.86. The van der Waals surface area contributed by atoms with Gasteiger partial charge in [0.15, 0.2) is 0 Å². The highest BCUT2D eigenvalue weighted by molar-refractivity contribution is 6.30. The van der Waals surface area contributed by atoms with Crippen LogP contribution in [0.15, 0.2) is 24.3 Å². The molecule has 0 aliphatic heterocycles. The maximum atomic E-state index is 11.5. The Labute approximate surface area is 106 Å². The van der Waals surface area contributed by atoms with Gasteiger partial charge in [0, 0.05) is 10.7 Å². The van der Waals surface area contributed by atoms with Gasteiger partial charge in [0.05, 0.1) is 0 Å². The van der Waals surface area contributed by atoms with Crippen LogP contribution in [0.1, 0.15) is 25.7 Å². The molecule has 3 nitrogen and oxygen atoms in total. The van der Waals surface area contributed by atoms with E-state index in [0.717, 1.165) is 18.5 Å². The van der Waals surface area contributed by atoms with Crippen molar-refractivity contribution in [2.45, 2.75) is 31.8 Å². The summed E-state index contributed by atoms with van der Waals surface area (Å²) in [5.41, 5.74) is 0.834. The molecule has 0 unspecified atom stereocenters. The van der Waals surface area contributed by atoms with E-state index in [-0.39, 0.29) is 18.6 Å². The van der Waals surface area contributed by atoms with Crippen molar-refractivity contribution in [3.63, 3.8) is 0 Å². The molecule has 17 heavy (non-hydrogen) atoms. The lowest BCUT2D eigenvalue weighted by Crippen LogP contribution is -2.21. The molecule has 1 saturated carbocycles. The molecule has 1 aliphatic rings. The Morgan fingerprint density at radius 2 is 2.18 bits per heavy atom. The van der Waals surface area contributed by atoms with E-state index in [1.807, 2.05) is 12.1 Å². The summed E-state index contributed by atoms with van der Waals surface area (Å²) in [5, 5.41) is 3.65. The summed E-state index contributed by atoms with van der Waals surface area (Å²) in [5.74, 6) is -0.197. The highest BCUT2D eigenvalue weighted by Gasteiger charge is 2.18. The van der Waals surface area contributed by atoms with Crippen molar-refractivity contribution in [2.24, 2.45) is 0 Å². The fourth-order valence-corrected chi connectivity index (χ4v) is 2.20. The standard InChI is InChI=1S/C13H16ClNO2/c14-10-4-3-5-11(8-10)15-9-13(16)17-12-6-1-2-7-12/h3-5,8,12,15H,1-2,6-7,9H2. The van der Waals surface area contributed by atoms with Gasteiger partial charge < -0.3 is 10.1 Å². The van der Waals surface area contributed by atoms with Crippen molar-refractivity contribution in [1.82, 2.24) is 0 Å². The fraction of sp³-hybridized carbons (Fsp3) is 0.462. The molecular weight excluding hydrogens is 238 g/mol. The number of rotatable bonds is 4. The molecule has 1 aromatic carbocycles. The zero-order chi connectivity index (χ0) is 12.1. The predicted molar refractivity (Wildman–Crippen MR) is 68.3 cm³/mol. The highest BCUT2D eigenvalue weighted by Crippen LogP contribution is 2.21. The number of nitrogens with one attached hydrogen (secondary N) is 1. The van der Waals surface area contributed by atoms with Crippen molar-refractivity contribution in [1.29, 1.82) is 0 Å². The Kier molecular flexibility index (Phi) is 4.26. The van der Waals surface area contributed by atoms with Crippen LogP contribution >= 0.6 is 11.6 Å². The van der Waals surface area contributed by atoms with E-state index >= 15 is 0 Å². The summed E-state index contributed by atoms with van der Waals surface area (Å²) >= 11 is 5.84. The van der Waals surface area contributed by atoms with Crippen molar-refractivity contribution >= 4 is 23.3 Å². The zero-order valence-corrected chi connectivity index (χ0v) is 10.4. The van der Waals surface area contributed by atoms with Crippen LogP contribution < -0.4 is 5.32 Å². The topological polar surface area (TPSA) is 38.3 Å². The van der Waals surface area contributed by atoms with Gasteiger partial charge in [-0.3, -0.25) is 4.79 Å². The smallest absolute Gasteiger partial charge is 0.325 e. The first-order chi connectivity index (χ1) is 8.24. The van der Waals surface area contributed by atoms with Crippen LogP contribution in [-0.4, -0.2) is 18.6 Å². The number of halogens is 1. The molecule has 4 heteroatoms. The first-order valence-corrected chi connectivity index (χ1v) is 6.31. The number of hydrogen-bond acceptors (Lipinski definition) is 3. The Hall–Kier alpha value is -1.22. The number of carbonyl (C=O) groups excluding carboxylic acids is 1. The monoisotopic (exact) mass is 253 g/mol. The van der Waals surface area contributed by atoms with Crippen molar-refractivity contribution in [3.8, 4) is 0 Å². The number of ether oxygens (including phenoxy) is 1. The van der Waals surface area contributed by atoms with Crippen LogP contribution in [0, 0.1) is 0 Å². The second-order valence-electron chi connectivity index (χ2n) is 4.26. The van der Waals surface area contributed by atoms with Crippen LogP contribution in [0.25, 0.3) is 0 Å². The van der Waals surface area contributed by atoms with Gasteiger partial charge in [0.25, 0.3) is 0 Å². The van der Waals surface area contributed by atoms with Crippen LogP contribution in [0.4, 0.5) is 5.69 Å². The largest absolute Gasteiger partial charge is 0.461 e. The second-order valence-corrected chi connectivity index (χ2v) is 4.70. The van der Waals surface area contributed by atoms with Gasteiger partial charge >= 0.3 is 5.97 Å². The molecule has 1 fully saturated rings. The highest BCUT2D eigenvalue weighted by atomic mass is 35.5. The van der Waals surface area contributed by atoms with Gasteiger partial charge in [-0.05, 0) is 43.9 Å². The maximum absolute atomic E-state index is 11.5. The molecule has 0 spiro atoms. The molecule has 0 bridgehead atoms. The first-order valence-electron chi connectivity index (χ1n) is 5.93. The molecule has 0 saturated heterocycles. The van der Waals surface area contributed by atoms with Crippen LogP contribution in [0.5, 0.6) is 0 Å². The van der Waals surface area contributed by atoms with Gasteiger partial charge in [0.2, 0.25) is 0 Å². The third-order valence-corrected chi connectivity index (χ3v) is 3.10. The molecule has 1 N–H and O–H groups in total. The summed E-state index contributed by atoms with van der Waals surface area (Å²) in [4.78, 5) is 11.5. The van der Waals surface area contributed by atoms with Gasteiger partial charge in [-0.2, -0.15) is 0 Å². The Morgan fingerprint density at radius 3 is 2.88 bits per heavy atom. The lowest BCUT2D eigenvalue weighted by Gasteiger charge is -2.12. The Bertz CT molecular complexity index is 389. The van der Waals surface area contributed by atoms with E-state index in [1.54, 1.807) is 12.1 Å². The molecule has 1 aliphatic carbocycles. The van der Waals surface area contributed by atoms with E-state index in [4.69, 9.17) is 16.3 Å². The van der Waals surface area contributed by atoms with Crippen LogP contribution in [-0.2, 0) is 9.53 Å². The normalized spacial score (nSPS) is 15.8. The van der Waals surface area contributed by atoms with Gasteiger partial charge in [0.1, 0.15) is 12.6 Å². The molecule has 0 heterocycles. The second kappa shape index (κ2) is 5.92. The van der Waals surface area contributed by atoms with E-state index in [2.05, 4.69) is 5.32 Å². The zero-order valence-electron chi connectivity index (χ0n) is 9.62. The van der Waals surface area contributed by atoms with Crippen molar-refractivity contribution < 1.29 is 9.53 Å². The number of benzene rings is 1. The minimum atomic E-state index is -0.197. The third kappa shape index (κ3) is 3.93. The molecule has 92 valence electrons. The summed E-state index contributed by atoms with van der Waals surface area (Å²) in [6.07, 6.45) is 4.47. The SMILES string of the molecule is O=C(CNc1cccc(Cl)c1)OC1CCCC1. The molecular formula is C13H16ClNO2. The molecule has 0 amide bonds. The fourth-order valence-electron chi connectivity index (χ4n) is 2.01. The molecule has 0 radical (unpaired) electrons. The van der Waals surface area contributed by atoms with E-state index in [0.29, 0.717) is 5.02 Å². The first kappa shape index (κ1) is 12.2. The molecule has 2 rings (SSSR count). The average molecular weight is 254 g/mol. The summed E-state index contributed by atoms with van der Waals surface area (Å²) in [7, 11) is 0. The maximum Gasteiger partial charge on any atom is 0.325 e. The van der Waals surface area contributed by atoms with Gasteiger partial charge in [-0.1, -0.05) is 17.7 Å². The lowest BCUT2D eigenvalue weighted by molar-refractivity contribution is -0.146. The minimum absolute atomic E-state index is 0.128. The number of carbonyl (C=O) groups is 1. The van der Waals surface area contributed by atoms with Crippen LogP contribution in [0.3, 0.4) is 0 Å². The van der Waals surface area contributed by atoms with Gasteiger partial charge in [-0.25, -0.2) is 0 Å². The summed E-state index contributed by atoms with van der Waals surface area (Å²) in [6.45, 7) is 0.191. The Morgan fingerprint density at radius 1 is 1.41 bits per heavy atom. The number of anilines is 1. The number of esters is 1. The minimum Gasteiger partial charge on any atom is -0.461 e. The van der Waals surface area contributed by atoms with Crippen molar-refractivity contribution in [2.75, 3.05) is 11.9 Å². The van der Waals surface area contributed by atoms with E-state index in [1.165, 1.54) is 12.8 Å². The van der Waals surface area contributed by atoms with Crippen molar-refractivity contribution in [3.05, 3.63) is 29.3 Å². The predicted octanol–water partition coefficient (Wildman–Crippen LogP) is 3.24. The van der Waals surface area contributed by atoms with Crippen LogP contribution in [0.2, 0.25) is 5.02 Å². The van der Waals surface area contributed by atoms with Gasteiger partial charge in [-0.15, -0.1) is 0 Å². The average Bonchev–Trinajstić information content (AvgIpc) is 2.79. The Balaban J connectivity index is 1.75. The molecule has 0 aromatic heterocycles. The quantitative estimate of drug-likeness (QED) is 0.838. The molecule has 1 aromatic rings. The number of hydrogen-bond donors (Lipinski definition) is 1. The van der Waals surface area contributed by atoms with E-state index in [9.17, 15) is 4.79 Å².